The second-order valence-electron chi connectivity index (χ2n) is 8.49. The number of hydrogen-bond acceptors (Lipinski definition) is 7. The Hall–Kier alpha value is -3.47. The van der Waals surface area contributed by atoms with Crippen LogP contribution in [0.4, 0.5) is 5.00 Å². The van der Waals surface area contributed by atoms with Gasteiger partial charge in [0, 0.05) is 28.8 Å². The molecule has 1 aliphatic rings. The lowest BCUT2D eigenvalue weighted by molar-refractivity contribution is 0.0951. The number of thiophene rings is 1. The van der Waals surface area contributed by atoms with Gasteiger partial charge in [-0.3, -0.25) is 14.6 Å². The number of anilines is 1. The summed E-state index contributed by atoms with van der Waals surface area (Å²) in [7, 11) is -3.97. The van der Waals surface area contributed by atoms with E-state index in [1.807, 2.05) is 6.07 Å². The highest BCUT2D eigenvalue weighted by atomic mass is 35.5. The van der Waals surface area contributed by atoms with Crippen LogP contribution in [0.25, 0.3) is 0 Å². The number of fused-ring (bicyclic) bond motifs is 1. The summed E-state index contributed by atoms with van der Waals surface area (Å²) < 4.78 is 31.2. The highest BCUT2D eigenvalue weighted by Crippen LogP contribution is 2.38. The maximum absolute atomic E-state index is 13.2. The third-order valence-corrected chi connectivity index (χ3v) is 9.10. The normalized spacial score (nSPS) is 13.1. The zero-order valence-corrected chi connectivity index (χ0v) is 21.9. The van der Waals surface area contributed by atoms with Crippen molar-refractivity contribution in [3.05, 3.63) is 93.3 Å². The van der Waals surface area contributed by atoms with E-state index in [9.17, 15) is 18.0 Å². The fourth-order valence-corrected chi connectivity index (χ4v) is 6.73. The van der Waals surface area contributed by atoms with Gasteiger partial charge in [-0.1, -0.05) is 17.7 Å². The lowest BCUT2D eigenvalue weighted by Crippen LogP contribution is -2.25. The molecule has 11 heteroatoms. The number of sulfone groups is 1. The van der Waals surface area contributed by atoms with Gasteiger partial charge in [-0.05, 0) is 79.3 Å². The summed E-state index contributed by atoms with van der Waals surface area (Å²) in [4.78, 5) is 31.4. The van der Waals surface area contributed by atoms with Gasteiger partial charge >= 0.3 is 0 Å². The number of hydrogen-bond donors (Lipinski definition) is 2. The molecule has 0 radical (unpaired) electrons. The smallest absolute Gasteiger partial charge is 0.292 e. The molecule has 0 atom stereocenters. The Kier molecular flexibility index (Phi) is 7.14. The van der Waals surface area contributed by atoms with Crippen LogP contribution in [-0.4, -0.2) is 25.2 Å². The van der Waals surface area contributed by atoms with Crippen molar-refractivity contribution in [1.82, 2.24) is 10.3 Å². The summed E-state index contributed by atoms with van der Waals surface area (Å²) in [5, 5.41) is 6.15. The molecular formula is C26H22ClN3O5S2. The van der Waals surface area contributed by atoms with Crippen molar-refractivity contribution in [2.24, 2.45) is 0 Å². The van der Waals surface area contributed by atoms with Crippen molar-refractivity contribution in [2.45, 2.75) is 42.2 Å². The molecule has 5 rings (SSSR count). The molecule has 190 valence electrons. The van der Waals surface area contributed by atoms with E-state index in [2.05, 4.69) is 15.6 Å². The summed E-state index contributed by atoms with van der Waals surface area (Å²) in [6, 6.07) is 11.9. The molecule has 1 aromatic carbocycles. The summed E-state index contributed by atoms with van der Waals surface area (Å²) in [5.74, 6) is -1.11. The van der Waals surface area contributed by atoms with Crippen molar-refractivity contribution >= 4 is 49.6 Å². The Morgan fingerprint density at radius 3 is 2.57 bits per heavy atom. The average Bonchev–Trinajstić information content (AvgIpc) is 3.54. The second kappa shape index (κ2) is 10.5. The molecule has 0 saturated carbocycles. The quantitative estimate of drug-likeness (QED) is 0.320. The van der Waals surface area contributed by atoms with E-state index in [-0.39, 0.29) is 21.7 Å². The minimum absolute atomic E-state index is 0.00304. The Balaban J connectivity index is 1.38. The summed E-state index contributed by atoms with van der Waals surface area (Å²) >= 11 is 7.22. The first-order valence-corrected chi connectivity index (χ1v) is 14.2. The molecule has 0 unspecified atom stereocenters. The van der Waals surface area contributed by atoms with Crippen LogP contribution in [0.5, 0.6) is 0 Å². The summed E-state index contributed by atoms with van der Waals surface area (Å²) in [6.07, 6.45) is 6.91. The Labute approximate surface area is 222 Å². The first kappa shape index (κ1) is 25.2. The number of furan rings is 1. The molecule has 2 N–H and O–H groups in total. The van der Waals surface area contributed by atoms with Crippen molar-refractivity contribution in [1.29, 1.82) is 0 Å². The molecule has 4 aromatic rings. The number of aryl methyl sites for hydroxylation is 1. The number of carbonyl (C=O) groups is 2. The Bertz CT molecular complexity index is 1560. The number of benzene rings is 1. The number of pyridine rings is 1. The zero-order valence-electron chi connectivity index (χ0n) is 19.5. The standard InChI is InChI=1S/C26H22ClN3O5S2/c27-17-7-9-18(10-8-17)37(33,34)22-12-11-20(35-22)24(31)30-26-23(19-5-1-2-6-21(19)36-26)25(32)29-15-16-4-3-13-28-14-16/h3-4,7-14H,1-2,5-6,15H2,(H,29,32)(H,30,31). The molecule has 3 aromatic heterocycles. The van der Waals surface area contributed by atoms with Gasteiger partial charge < -0.3 is 15.1 Å². The number of nitrogens with one attached hydrogen (secondary N) is 2. The molecular weight excluding hydrogens is 534 g/mol. The predicted octanol–water partition coefficient (Wildman–Crippen LogP) is 5.28. The van der Waals surface area contributed by atoms with E-state index in [0.29, 0.717) is 22.1 Å². The molecule has 8 nitrogen and oxygen atoms in total. The van der Waals surface area contributed by atoms with Crippen LogP contribution in [-0.2, 0) is 29.2 Å². The monoisotopic (exact) mass is 555 g/mol. The zero-order chi connectivity index (χ0) is 26.0. The maximum Gasteiger partial charge on any atom is 0.292 e. The number of carbonyl (C=O) groups excluding carboxylic acids is 2. The highest BCUT2D eigenvalue weighted by molar-refractivity contribution is 7.91. The van der Waals surface area contributed by atoms with Crippen LogP contribution in [0.2, 0.25) is 5.02 Å². The molecule has 0 bridgehead atoms. The third kappa shape index (κ3) is 5.31. The van der Waals surface area contributed by atoms with E-state index in [0.717, 1.165) is 41.7 Å². The lowest BCUT2D eigenvalue weighted by Gasteiger charge is -2.13. The fourth-order valence-electron chi connectivity index (χ4n) is 4.15. The van der Waals surface area contributed by atoms with Gasteiger partial charge in [0.25, 0.3) is 11.8 Å². The van der Waals surface area contributed by atoms with E-state index >= 15 is 0 Å². The van der Waals surface area contributed by atoms with E-state index in [4.69, 9.17) is 16.0 Å². The summed E-state index contributed by atoms with van der Waals surface area (Å²) in [6.45, 7) is 0.300. The van der Waals surface area contributed by atoms with Gasteiger partial charge in [-0.2, -0.15) is 0 Å². The third-order valence-electron chi connectivity index (χ3n) is 6.00. The van der Waals surface area contributed by atoms with Crippen LogP contribution in [0, 0.1) is 0 Å². The number of halogens is 1. The predicted molar refractivity (Wildman–Crippen MR) is 140 cm³/mol. The van der Waals surface area contributed by atoms with Gasteiger partial charge in [0.05, 0.1) is 10.5 Å². The second-order valence-corrected chi connectivity index (χ2v) is 11.9. The van der Waals surface area contributed by atoms with Crippen molar-refractivity contribution in [3.63, 3.8) is 0 Å². The number of rotatable bonds is 7. The molecule has 37 heavy (non-hydrogen) atoms. The van der Waals surface area contributed by atoms with Crippen molar-refractivity contribution < 1.29 is 22.4 Å². The topological polar surface area (TPSA) is 118 Å². The van der Waals surface area contributed by atoms with Crippen LogP contribution in [0.1, 0.15) is 49.8 Å². The summed E-state index contributed by atoms with van der Waals surface area (Å²) in [5.41, 5.74) is 2.24. The minimum Gasteiger partial charge on any atom is -0.439 e. The SMILES string of the molecule is O=C(Nc1sc2c(c1C(=O)NCc1cccnc1)CCCC2)c1ccc(S(=O)(=O)c2ccc(Cl)cc2)o1. The minimum atomic E-state index is -3.97. The number of amides is 2. The number of nitrogens with zero attached hydrogens (tertiary/aromatic N) is 1. The largest absolute Gasteiger partial charge is 0.439 e. The highest BCUT2D eigenvalue weighted by Gasteiger charge is 2.28. The molecule has 0 fully saturated rings. The Morgan fingerprint density at radius 1 is 1.03 bits per heavy atom. The molecule has 0 saturated heterocycles. The van der Waals surface area contributed by atoms with Gasteiger partial charge in [0.2, 0.25) is 14.9 Å². The van der Waals surface area contributed by atoms with Gasteiger partial charge in [0.15, 0.2) is 5.76 Å². The van der Waals surface area contributed by atoms with Gasteiger partial charge in [0.1, 0.15) is 5.00 Å². The van der Waals surface area contributed by atoms with E-state index in [1.165, 1.54) is 47.7 Å². The first-order valence-electron chi connectivity index (χ1n) is 11.6. The molecule has 3 heterocycles. The van der Waals surface area contributed by atoms with Crippen molar-refractivity contribution in [3.8, 4) is 0 Å². The fraction of sp³-hybridized carbons (Fsp3) is 0.192. The molecule has 0 spiro atoms. The Morgan fingerprint density at radius 2 is 1.81 bits per heavy atom. The average molecular weight is 556 g/mol. The molecule has 0 aliphatic heterocycles. The van der Waals surface area contributed by atoms with Crippen LogP contribution >= 0.6 is 22.9 Å². The van der Waals surface area contributed by atoms with Crippen LogP contribution < -0.4 is 10.6 Å². The van der Waals surface area contributed by atoms with Gasteiger partial charge in [-0.25, -0.2) is 8.42 Å². The van der Waals surface area contributed by atoms with E-state index < -0.39 is 15.7 Å². The lowest BCUT2D eigenvalue weighted by atomic mass is 9.95. The number of aromatic nitrogens is 1. The van der Waals surface area contributed by atoms with Crippen LogP contribution in [0.3, 0.4) is 0 Å². The van der Waals surface area contributed by atoms with Crippen LogP contribution in [0.15, 0.2) is 75.3 Å². The van der Waals surface area contributed by atoms with Crippen molar-refractivity contribution in [2.75, 3.05) is 5.32 Å². The first-order chi connectivity index (χ1) is 17.8. The van der Waals surface area contributed by atoms with Gasteiger partial charge in [-0.15, -0.1) is 11.3 Å². The molecule has 2 amide bonds. The van der Waals surface area contributed by atoms with E-state index in [1.54, 1.807) is 18.5 Å². The maximum atomic E-state index is 13.2. The molecule has 1 aliphatic carbocycles.